The van der Waals surface area contributed by atoms with Gasteiger partial charge in [0.2, 0.25) is 17.4 Å². The fourth-order valence-electron chi connectivity index (χ4n) is 7.70. The van der Waals surface area contributed by atoms with Gasteiger partial charge in [0.15, 0.2) is 29.1 Å². The van der Waals surface area contributed by atoms with Crippen molar-refractivity contribution in [1.82, 2.24) is 28.7 Å². The number of aromatic nitrogens is 6. The number of aromatic carboxylic acids is 1. The summed E-state index contributed by atoms with van der Waals surface area (Å²) in [6.07, 6.45) is 3.64. The van der Waals surface area contributed by atoms with Crippen LogP contribution < -0.4 is 21.2 Å². The minimum Gasteiger partial charge on any atom is -0.475 e. The number of carboxylic acid groups (broad SMARTS) is 1. The lowest BCUT2D eigenvalue weighted by Gasteiger charge is -2.19. The first kappa shape index (κ1) is 67.9. The van der Waals surface area contributed by atoms with Crippen molar-refractivity contribution in [1.29, 1.82) is 0 Å². The van der Waals surface area contributed by atoms with Crippen LogP contribution in [0.15, 0.2) is 91.4 Å². The number of rotatable bonds is 13. The van der Waals surface area contributed by atoms with E-state index in [1.165, 1.54) is 73.2 Å². The van der Waals surface area contributed by atoms with Gasteiger partial charge in [-0.1, -0.05) is 12.1 Å². The van der Waals surface area contributed by atoms with Gasteiger partial charge < -0.3 is 48.2 Å². The predicted octanol–water partition coefficient (Wildman–Crippen LogP) is 11.8. The Balaban J connectivity index is 0.000000217. The summed E-state index contributed by atoms with van der Waals surface area (Å²) in [5, 5.41) is 16.4. The number of carboxylic acids is 1. The van der Waals surface area contributed by atoms with E-state index in [0.717, 1.165) is 41.4 Å². The van der Waals surface area contributed by atoms with E-state index < -0.39 is 29.4 Å². The third-order valence-electron chi connectivity index (χ3n) is 11.3. The Morgan fingerprint density at radius 1 is 0.535 bits per heavy atom. The highest BCUT2D eigenvalue weighted by Gasteiger charge is 2.23. The van der Waals surface area contributed by atoms with E-state index in [4.69, 9.17) is 41.6 Å². The molecule has 24 nitrogen and oxygen atoms in total. The highest BCUT2D eigenvalue weighted by molar-refractivity contribution is 7.21. The van der Waals surface area contributed by atoms with Crippen LogP contribution in [0.4, 0.5) is 32.7 Å². The van der Waals surface area contributed by atoms with Gasteiger partial charge >= 0.3 is 36.1 Å². The van der Waals surface area contributed by atoms with Gasteiger partial charge in [-0.05, 0) is 129 Å². The number of fused-ring (bicyclic) bond motifs is 3. The molecule has 0 saturated carbocycles. The Kier molecular flexibility index (Phi) is 23.1. The van der Waals surface area contributed by atoms with Gasteiger partial charge in [-0.15, -0.1) is 46.4 Å². The molecule has 6 N–H and O–H groups in total. The number of thiophene rings is 3. The highest BCUT2D eigenvalue weighted by atomic mass is 35.5. The molecule has 29 heteroatoms. The second kappa shape index (κ2) is 29.3. The van der Waals surface area contributed by atoms with E-state index in [1.807, 2.05) is 54.6 Å². The summed E-state index contributed by atoms with van der Waals surface area (Å²) in [4.78, 5) is 110. The standard InChI is InChI=1S/C21H23N3O5S.C16H14ClN3O3S.C10H15N3O4.C10H9NO2S.ClH/c1-21(2,3)29-20(27)23-17-11-24(4)18(22-17)14(25)9-12-6-7-15-13(8-12)10-16(30-15)19(26)28-5;1-20-8-14(19-17)18-15(20)11(21)6-9-3-4-12-10(5-9)7-13(24-12)16(22)23-2;1-10(2,3)17-9(16)12-6-5-13(4)7(11-6)8(14)15;1-13-10(12)9-5-6-4-7(11)2-3-8(6)14-9;/h6-8,10-11H,9H2,1-5H3,(H,23,27);3-5,7-8,19H,6H2,1-2H3;5H,1-4H3,(H,12,16)(H,14,15);2-5H,11H2,1H3;1H. The zero-order valence-corrected chi connectivity index (χ0v) is 52.6. The number of hydrogen-bond acceptors (Lipinski definition) is 21. The molecular formula is C57H62Cl2N10O14S3. The van der Waals surface area contributed by atoms with E-state index in [0.29, 0.717) is 32.0 Å². The predicted molar refractivity (Wildman–Crippen MR) is 333 cm³/mol. The number of carbonyl (C=O) groups excluding carboxylic acids is 7. The first-order valence-electron chi connectivity index (χ1n) is 25.3. The van der Waals surface area contributed by atoms with Gasteiger partial charge in [-0.2, -0.15) is 0 Å². The molecule has 456 valence electrons. The number of benzene rings is 3. The Morgan fingerprint density at radius 2 is 0.872 bits per heavy atom. The number of aryl methyl sites for hydroxylation is 3. The number of imidazole rings is 3. The van der Waals surface area contributed by atoms with Crippen molar-refractivity contribution >= 4 is 159 Å². The number of carbonyl (C=O) groups is 8. The lowest BCUT2D eigenvalue weighted by Crippen LogP contribution is -2.27. The number of methoxy groups -OCH3 is 3. The van der Waals surface area contributed by atoms with Crippen molar-refractivity contribution in [2.24, 2.45) is 21.1 Å². The molecule has 0 bridgehead atoms. The third-order valence-corrected chi connectivity index (χ3v) is 14.7. The lowest BCUT2D eigenvalue weighted by atomic mass is 10.1. The molecule has 0 aliphatic rings. The summed E-state index contributed by atoms with van der Waals surface area (Å²) in [6.45, 7) is 10.5. The Morgan fingerprint density at radius 3 is 1.21 bits per heavy atom. The number of nitrogen functional groups attached to an aromatic ring is 1. The zero-order chi connectivity index (χ0) is 62.7. The second-order valence-corrected chi connectivity index (χ2v) is 23.8. The number of hydrogen-bond donors (Lipinski definition) is 5. The van der Waals surface area contributed by atoms with Crippen LogP contribution in [0.1, 0.15) is 114 Å². The van der Waals surface area contributed by atoms with Crippen LogP contribution in [-0.2, 0) is 57.7 Å². The average Bonchev–Trinajstić information content (AvgIpc) is 3.75. The summed E-state index contributed by atoms with van der Waals surface area (Å²) >= 11 is 9.62. The maximum absolute atomic E-state index is 12.8. The molecule has 0 fully saturated rings. The number of ether oxygens (including phenoxy) is 5. The maximum Gasteiger partial charge on any atom is 0.413 e. The molecular weight excluding hydrogens is 1220 g/mol. The smallest absolute Gasteiger partial charge is 0.413 e. The summed E-state index contributed by atoms with van der Waals surface area (Å²) in [6, 6.07) is 22.2. The molecule has 6 heterocycles. The zero-order valence-electron chi connectivity index (χ0n) is 48.6. The van der Waals surface area contributed by atoms with Crippen LogP contribution in [0.5, 0.6) is 0 Å². The fourth-order valence-corrected chi connectivity index (χ4v) is 10.7. The van der Waals surface area contributed by atoms with Gasteiger partial charge in [0.1, 0.15) is 25.8 Å². The first-order valence-corrected chi connectivity index (χ1v) is 28.1. The minimum atomic E-state index is -1.16. The quantitative estimate of drug-likeness (QED) is 0.0235. The van der Waals surface area contributed by atoms with Crippen molar-refractivity contribution in [3.63, 3.8) is 0 Å². The largest absolute Gasteiger partial charge is 0.475 e. The molecule has 0 atom stereocenters. The number of amides is 2. The third kappa shape index (κ3) is 18.8. The van der Waals surface area contributed by atoms with Gasteiger partial charge in [-0.25, -0.2) is 43.7 Å². The van der Waals surface area contributed by atoms with Crippen LogP contribution in [0.25, 0.3) is 30.3 Å². The van der Waals surface area contributed by atoms with E-state index in [-0.39, 0.29) is 78.0 Å². The molecule has 2 amide bonds. The van der Waals surface area contributed by atoms with Gasteiger partial charge in [-0.3, -0.25) is 25.1 Å². The van der Waals surface area contributed by atoms with Crippen LogP contribution in [0.2, 0.25) is 0 Å². The highest BCUT2D eigenvalue weighted by Crippen LogP contribution is 2.30. The monoisotopic (exact) mass is 1280 g/mol. The molecule has 9 aromatic rings. The molecule has 0 aliphatic heterocycles. The average molecular weight is 1280 g/mol. The maximum atomic E-state index is 12.8. The molecule has 3 aromatic carbocycles. The Bertz CT molecular complexity index is 3980. The first-order chi connectivity index (χ1) is 40.0. The second-order valence-electron chi connectivity index (χ2n) is 20.4. The van der Waals surface area contributed by atoms with Crippen LogP contribution in [0.3, 0.4) is 0 Å². The molecule has 0 saturated heterocycles. The number of nitrogens with zero attached hydrogens (tertiary/aromatic N) is 6. The van der Waals surface area contributed by atoms with Crippen LogP contribution in [0, 0.1) is 0 Å². The Hall–Kier alpha value is -8.89. The number of ketones is 2. The number of anilines is 4. The molecule has 0 spiro atoms. The molecule has 0 aliphatic carbocycles. The minimum absolute atomic E-state index is 0. The number of nitrogens with two attached hydrogens (primary N) is 1. The number of esters is 3. The normalized spacial score (nSPS) is 10.8. The van der Waals surface area contributed by atoms with Crippen molar-refractivity contribution in [3.05, 3.63) is 135 Å². The lowest BCUT2D eigenvalue weighted by molar-refractivity contribution is 0.0597. The number of nitrogens with one attached hydrogen (secondary N) is 3. The Labute approximate surface area is 516 Å². The SMILES string of the molecule is COC(=O)c1cc2cc(CC(=O)c3nc(NC(=O)OC(C)(C)C)cn3C)ccc2s1.COC(=O)c1cc2cc(CC(=O)c3nc(NCl)cn3C)ccc2s1.COC(=O)c1cc2cc(N)ccc2s1.Cl.Cn1cc(NC(=O)OC(C)(C)C)nc1C(=O)O. The van der Waals surface area contributed by atoms with Crippen LogP contribution >= 0.6 is 58.2 Å². The summed E-state index contributed by atoms with van der Waals surface area (Å²) in [5.74, 6) is -1.30. The molecule has 0 unspecified atom stereocenters. The number of Topliss-reactive ketones (excluding diaryl/α,β-unsaturated/α-hetero) is 2. The van der Waals surface area contributed by atoms with E-state index >= 15 is 0 Å². The molecule has 86 heavy (non-hydrogen) atoms. The summed E-state index contributed by atoms with van der Waals surface area (Å²) < 4.78 is 31.8. The van der Waals surface area contributed by atoms with Gasteiger partial charge in [0, 0.05) is 84.1 Å². The van der Waals surface area contributed by atoms with Crippen molar-refractivity contribution in [2.45, 2.75) is 65.6 Å². The van der Waals surface area contributed by atoms with E-state index in [1.54, 1.807) is 95.4 Å². The molecule has 9 rings (SSSR count). The van der Waals surface area contributed by atoms with Crippen LogP contribution in [-0.4, -0.2) is 114 Å². The van der Waals surface area contributed by atoms with E-state index in [2.05, 4.69) is 35.2 Å². The van der Waals surface area contributed by atoms with Crippen molar-refractivity contribution in [3.8, 4) is 0 Å². The molecule has 0 radical (unpaired) electrons. The van der Waals surface area contributed by atoms with Gasteiger partial charge in [0.05, 0.1) is 21.3 Å². The summed E-state index contributed by atoms with van der Waals surface area (Å²) in [5.41, 5.74) is 6.73. The molecule has 6 aromatic heterocycles. The van der Waals surface area contributed by atoms with Crippen molar-refractivity contribution in [2.75, 3.05) is 42.5 Å². The number of halogens is 2. The fraction of sp³-hybridized carbons (Fsp3) is 0.281. The van der Waals surface area contributed by atoms with Crippen molar-refractivity contribution < 1.29 is 67.1 Å². The summed E-state index contributed by atoms with van der Waals surface area (Å²) in [7, 11) is 9.02. The van der Waals surface area contributed by atoms with Gasteiger partial charge in [0.25, 0.3) is 0 Å². The van der Waals surface area contributed by atoms with E-state index in [9.17, 15) is 38.4 Å². The topological polar surface area (TPSA) is 319 Å².